The zero-order chi connectivity index (χ0) is 24.6. The van der Waals surface area contributed by atoms with Gasteiger partial charge in [-0.3, -0.25) is 14.3 Å². The molecule has 182 valence electrons. The Hall–Kier alpha value is -2.66. The first kappa shape index (κ1) is 24.5. The van der Waals surface area contributed by atoms with Crippen LogP contribution in [0.25, 0.3) is 10.9 Å². The summed E-state index contributed by atoms with van der Waals surface area (Å²) in [4.78, 5) is 19.8. The lowest BCUT2D eigenvalue weighted by atomic mass is 10.2. The summed E-state index contributed by atoms with van der Waals surface area (Å²) in [5.74, 6) is 1.44. The number of methoxy groups -OCH3 is 2. The molecule has 0 N–H and O–H groups in total. The van der Waals surface area contributed by atoms with Crippen molar-refractivity contribution in [2.75, 3.05) is 40.4 Å². The average molecular weight is 507 g/mol. The van der Waals surface area contributed by atoms with Gasteiger partial charge >= 0.3 is 0 Å². The molecule has 2 heterocycles. The van der Waals surface area contributed by atoms with Gasteiger partial charge in [-0.2, -0.15) is 4.31 Å². The molecule has 1 aromatic heterocycles. The van der Waals surface area contributed by atoms with Crippen molar-refractivity contribution in [1.82, 2.24) is 18.8 Å². The molecule has 0 radical (unpaired) electrons. The number of rotatable bonds is 6. The van der Waals surface area contributed by atoms with Gasteiger partial charge in [0.05, 0.1) is 36.1 Å². The SMILES string of the molecule is COc1ccc(S(=O)(=O)N2CCN(C(C)c3nc4cc(Cl)ccc4c(=O)n3C)CC2)cc1OC. The number of hydrogen-bond donors (Lipinski definition) is 0. The van der Waals surface area contributed by atoms with Crippen molar-refractivity contribution >= 4 is 32.5 Å². The number of aromatic nitrogens is 2. The zero-order valence-corrected chi connectivity index (χ0v) is 21.1. The number of nitrogens with zero attached hydrogens (tertiary/aromatic N) is 4. The predicted molar refractivity (Wildman–Crippen MR) is 130 cm³/mol. The Bertz CT molecular complexity index is 1380. The van der Waals surface area contributed by atoms with Crippen LogP contribution in [0.5, 0.6) is 11.5 Å². The molecule has 11 heteroatoms. The first-order valence-electron chi connectivity index (χ1n) is 10.8. The second-order valence-corrected chi connectivity index (χ2v) is 10.5. The van der Waals surface area contributed by atoms with E-state index in [0.717, 1.165) is 0 Å². The van der Waals surface area contributed by atoms with Crippen LogP contribution in [0.4, 0.5) is 0 Å². The van der Waals surface area contributed by atoms with Crippen molar-refractivity contribution in [2.45, 2.75) is 17.9 Å². The molecular weight excluding hydrogens is 480 g/mol. The summed E-state index contributed by atoms with van der Waals surface area (Å²) in [6.07, 6.45) is 0. The topological polar surface area (TPSA) is 94.0 Å². The molecule has 0 saturated carbocycles. The van der Waals surface area contributed by atoms with E-state index in [9.17, 15) is 13.2 Å². The van der Waals surface area contributed by atoms with E-state index < -0.39 is 10.0 Å². The minimum absolute atomic E-state index is 0.141. The van der Waals surface area contributed by atoms with Gasteiger partial charge in [0.2, 0.25) is 10.0 Å². The van der Waals surface area contributed by atoms with Crippen molar-refractivity contribution in [3.63, 3.8) is 0 Å². The highest BCUT2D eigenvalue weighted by molar-refractivity contribution is 7.89. The Kier molecular flexibility index (Phi) is 6.86. The number of hydrogen-bond acceptors (Lipinski definition) is 7. The third-order valence-electron chi connectivity index (χ3n) is 6.26. The van der Waals surface area contributed by atoms with Crippen molar-refractivity contribution < 1.29 is 17.9 Å². The molecule has 34 heavy (non-hydrogen) atoms. The minimum Gasteiger partial charge on any atom is -0.493 e. The van der Waals surface area contributed by atoms with E-state index in [0.29, 0.717) is 59.4 Å². The van der Waals surface area contributed by atoms with Crippen LogP contribution in [0.15, 0.2) is 46.1 Å². The van der Waals surface area contributed by atoms with Gasteiger partial charge in [0.25, 0.3) is 5.56 Å². The fourth-order valence-electron chi connectivity index (χ4n) is 4.26. The van der Waals surface area contributed by atoms with Crippen LogP contribution in [-0.4, -0.2) is 67.6 Å². The smallest absolute Gasteiger partial charge is 0.261 e. The maximum Gasteiger partial charge on any atom is 0.261 e. The van der Waals surface area contributed by atoms with Crippen LogP contribution in [0.1, 0.15) is 18.8 Å². The van der Waals surface area contributed by atoms with E-state index in [1.807, 2.05) is 6.92 Å². The maximum atomic E-state index is 13.2. The number of ether oxygens (including phenoxy) is 2. The minimum atomic E-state index is -3.70. The van der Waals surface area contributed by atoms with Gasteiger partial charge in [-0.15, -0.1) is 0 Å². The molecule has 1 saturated heterocycles. The molecule has 9 nitrogen and oxygen atoms in total. The van der Waals surface area contributed by atoms with E-state index in [1.165, 1.54) is 30.7 Å². The van der Waals surface area contributed by atoms with E-state index in [-0.39, 0.29) is 16.5 Å². The summed E-state index contributed by atoms with van der Waals surface area (Å²) >= 11 is 6.10. The number of sulfonamides is 1. The van der Waals surface area contributed by atoms with Gasteiger partial charge in [0, 0.05) is 44.3 Å². The second kappa shape index (κ2) is 9.53. The largest absolute Gasteiger partial charge is 0.493 e. The second-order valence-electron chi connectivity index (χ2n) is 8.13. The highest BCUT2D eigenvalue weighted by Gasteiger charge is 2.32. The van der Waals surface area contributed by atoms with Gasteiger partial charge in [0.1, 0.15) is 5.82 Å². The average Bonchev–Trinajstić information content (AvgIpc) is 2.85. The van der Waals surface area contributed by atoms with Gasteiger partial charge in [-0.1, -0.05) is 11.6 Å². The van der Waals surface area contributed by atoms with Crippen molar-refractivity contribution in [1.29, 1.82) is 0 Å². The van der Waals surface area contributed by atoms with Crippen molar-refractivity contribution in [3.05, 3.63) is 57.6 Å². The Morgan fingerprint density at radius 3 is 2.32 bits per heavy atom. The summed E-state index contributed by atoms with van der Waals surface area (Å²) in [6, 6.07) is 9.43. The van der Waals surface area contributed by atoms with Crippen LogP contribution in [-0.2, 0) is 17.1 Å². The molecular formula is C23H27ClN4O5S. The lowest BCUT2D eigenvalue weighted by Crippen LogP contribution is -2.49. The number of piperazine rings is 1. The third-order valence-corrected chi connectivity index (χ3v) is 8.39. The fraction of sp³-hybridized carbons (Fsp3) is 0.391. The zero-order valence-electron chi connectivity index (χ0n) is 19.5. The van der Waals surface area contributed by atoms with Crippen LogP contribution in [0.2, 0.25) is 5.02 Å². The van der Waals surface area contributed by atoms with E-state index in [2.05, 4.69) is 4.90 Å². The molecule has 0 aliphatic carbocycles. The molecule has 1 fully saturated rings. The predicted octanol–water partition coefficient (Wildman–Crippen LogP) is 2.67. The molecule has 1 unspecified atom stereocenters. The van der Waals surface area contributed by atoms with E-state index in [4.69, 9.17) is 26.1 Å². The summed E-state index contributed by atoms with van der Waals surface area (Å²) in [5, 5.41) is 1.02. The van der Waals surface area contributed by atoms with E-state index in [1.54, 1.807) is 35.9 Å². The van der Waals surface area contributed by atoms with Crippen LogP contribution >= 0.6 is 11.6 Å². The first-order chi connectivity index (χ1) is 16.2. The molecule has 3 aromatic rings. The summed E-state index contributed by atoms with van der Waals surface area (Å²) in [5.41, 5.74) is 0.408. The number of benzene rings is 2. The lowest BCUT2D eigenvalue weighted by Gasteiger charge is -2.37. The summed E-state index contributed by atoms with van der Waals surface area (Å²) in [6.45, 7) is 3.59. The standard InChI is InChI=1S/C23H27ClN4O5S/c1-15(22-25-19-13-16(24)5-7-18(19)23(29)26(22)2)27-9-11-28(12-10-27)34(30,31)17-6-8-20(32-3)21(14-17)33-4/h5-8,13-15H,9-12H2,1-4H3. The normalized spacial score (nSPS) is 16.5. The van der Waals surface area contributed by atoms with Crippen molar-refractivity contribution in [2.24, 2.45) is 7.05 Å². The van der Waals surface area contributed by atoms with Crippen LogP contribution in [0.3, 0.4) is 0 Å². The molecule has 1 aliphatic rings. The molecule has 1 atom stereocenters. The molecule has 2 aromatic carbocycles. The summed E-state index contributed by atoms with van der Waals surface area (Å²) in [7, 11) is 0.975. The number of halogens is 1. The van der Waals surface area contributed by atoms with Gasteiger partial charge in [-0.05, 0) is 37.3 Å². The van der Waals surface area contributed by atoms with Gasteiger partial charge < -0.3 is 9.47 Å². The Morgan fingerprint density at radius 1 is 1.00 bits per heavy atom. The first-order valence-corrected chi connectivity index (χ1v) is 12.6. The van der Waals surface area contributed by atoms with Gasteiger partial charge in [-0.25, -0.2) is 13.4 Å². The Balaban J connectivity index is 1.54. The monoisotopic (exact) mass is 506 g/mol. The Labute approximate surface area is 203 Å². The highest BCUT2D eigenvalue weighted by atomic mass is 35.5. The quantitative estimate of drug-likeness (QED) is 0.507. The fourth-order valence-corrected chi connectivity index (χ4v) is 5.86. The third kappa shape index (κ3) is 4.38. The molecule has 0 amide bonds. The van der Waals surface area contributed by atoms with E-state index >= 15 is 0 Å². The van der Waals surface area contributed by atoms with Crippen molar-refractivity contribution in [3.8, 4) is 11.5 Å². The Morgan fingerprint density at radius 2 is 1.68 bits per heavy atom. The molecule has 0 bridgehead atoms. The highest BCUT2D eigenvalue weighted by Crippen LogP contribution is 2.31. The lowest BCUT2D eigenvalue weighted by molar-refractivity contribution is 0.139. The molecule has 0 spiro atoms. The maximum absolute atomic E-state index is 13.2. The van der Waals surface area contributed by atoms with Crippen LogP contribution < -0.4 is 15.0 Å². The summed E-state index contributed by atoms with van der Waals surface area (Å²) < 4.78 is 39.9. The van der Waals surface area contributed by atoms with Gasteiger partial charge in [0.15, 0.2) is 11.5 Å². The van der Waals surface area contributed by atoms with Crippen LogP contribution in [0, 0.1) is 0 Å². The molecule has 1 aliphatic heterocycles. The molecule has 4 rings (SSSR count). The number of fused-ring (bicyclic) bond motifs is 1.